The molecule has 0 aliphatic heterocycles. The number of halogens is 1. The first-order valence-electron chi connectivity index (χ1n) is 5.32. The van der Waals surface area contributed by atoms with Crippen molar-refractivity contribution in [1.82, 2.24) is 5.16 Å². The van der Waals surface area contributed by atoms with Gasteiger partial charge in [-0.05, 0) is 29.3 Å². The molecular weight excluding hydrogens is 252 g/mol. The Morgan fingerprint density at radius 1 is 1.06 bits per heavy atom. The van der Waals surface area contributed by atoms with E-state index in [1.54, 1.807) is 12.1 Å². The van der Waals surface area contributed by atoms with Gasteiger partial charge >= 0.3 is 0 Å². The van der Waals surface area contributed by atoms with E-state index in [9.17, 15) is 0 Å². The maximum absolute atomic E-state index is 5.81. The van der Waals surface area contributed by atoms with Gasteiger partial charge in [0.1, 0.15) is 0 Å². The molecule has 0 atom stereocenters. The van der Waals surface area contributed by atoms with Crippen LogP contribution in [-0.2, 0) is 0 Å². The van der Waals surface area contributed by atoms with Crippen molar-refractivity contribution < 1.29 is 8.94 Å². The van der Waals surface area contributed by atoms with Crippen LogP contribution in [-0.4, -0.2) is 5.16 Å². The molecule has 18 heavy (non-hydrogen) atoms. The molecule has 2 N–H and O–H groups in total. The predicted molar refractivity (Wildman–Crippen MR) is 69.1 cm³/mol. The largest absolute Gasteiger partial charge is 0.443 e. The van der Waals surface area contributed by atoms with Crippen molar-refractivity contribution in [2.75, 3.05) is 5.73 Å². The van der Waals surface area contributed by atoms with Gasteiger partial charge in [-0.3, -0.25) is 0 Å². The van der Waals surface area contributed by atoms with Gasteiger partial charge in [0.15, 0.2) is 16.7 Å². The van der Waals surface area contributed by atoms with Crippen LogP contribution >= 0.6 is 11.6 Å². The minimum Gasteiger partial charge on any atom is -0.443 e. The van der Waals surface area contributed by atoms with E-state index in [-0.39, 0.29) is 5.88 Å². The Balaban J connectivity index is 2.18. The summed E-state index contributed by atoms with van der Waals surface area (Å²) < 4.78 is 10.4. The molecule has 0 aliphatic rings. The van der Waals surface area contributed by atoms with Crippen molar-refractivity contribution in [3.8, 4) is 22.6 Å². The molecule has 0 saturated carbocycles. The summed E-state index contributed by atoms with van der Waals surface area (Å²) in [5.74, 6) is 0.781. The van der Waals surface area contributed by atoms with Gasteiger partial charge < -0.3 is 14.7 Å². The number of benzene rings is 1. The summed E-state index contributed by atoms with van der Waals surface area (Å²) in [5, 5.41) is 4.22. The summed E-state index contributed by atoms with van der Waals surface area (Å²) in [6.07, 6.45) is 0. The number of nitrogens with two attached hydrogens (primary N) is 1. The average molecular weight is 261 g/mol. The third-order valence-electron chi connectivity index (χ3n) is 2.59. The van der Waals surface area contributed by atoms with Crippen LogP contribution < -0.4 is 5.73 Å². The van der Waals surface area contributed by atoms with Crippen molar-refractivity contribution in [2.24, 2.45) is 0 Å². The van der Waals surface area contributed by atoms with Crippen LogP contribution in [0, 0.1) is 0 Å². The van der Waals surface area contributed by atoms with Crippen LogP contribution in [0.3, 0.4) is 0 Å². The minimum atomic E-state index is 0.253. The number of nitrogen functional groups attached to an aromatic ring is 1. The molecule has 5 heteroatoms. The number of aromatic nitrogens is 1. The Morgan fingerprint density at radius 3 is 2.50 bits per heavy atom. The smallest absolute Gasteiger partial charge is 0.230 e. The Bertz CT molecular complexity index is 673. The maximum atomic E-state index is 5.81. The molecule has 0 unspecified atom stereocenters. The number of hydrogen-bond acceptors (Lipinski definition) is 4. The van der Waals surface area contributed by atoms with E-state index in [1.807, 2.05) is 30.3 Å². The molecule has 0 saturated heterocycles. The van der Waals surface area contributed by atoms with Crippen LogP contribution in [0.4, 0.5) is 5.88 Å². The lowest BCUT2D eigenvalue weighted by molar-refractivity contribution is 0.436. The fourth-order valence-electron chi connectivity index (χ4n) is 1.80. The Kier molecular flexibility index (Phi) is 2.57. The summed E-state index contributed by atoms with van der Waals surface area (Å²) in [4.78, 5) is 0. The number of anilines is 1. The standard InChI is InChI=1S/C13H9ClN2O2/c14-10-7-6-9(17-10)12-11(13(15)18-16-12)8-4-2-1-3-5-8/h1-7H,15H2. The molecule has 0 amide bonds. The fourth-order valence-corrected chi connectivity index (χ4v) is 1.94. The number of hydrogen-bond donors (Lipinski definition) is 1. The predicted octanol–water partition coefficient (Wildman–Crippen LogP) is 3.84. The molecule has 0 aliphatic carbocycles. The van der Waals surface area contributed by atoms with E-state index >= 15 is 0 Å². The molecule has 0 spiro atoms. The lowest BCUT2D eigenvalue weighted by Gasteiger charge is -1.99. The number of nitrogens with zero attached hydrogens (tertiary/aromatic N) is 1. The van der Waals surface area contributed by atoms with Crippen LogP contribution in [0.5, 0.6) is 0 Å². The topological polar surface area (TPSA) is 65.2 Å². The van der Waals surface area contributed by atoms with Crippen LogP contribution in [0.25, 0.3) is 22.6 Å². The van der Waals surface area contributed by atoms with E-state index in [0.29, 0.717) is 22.2 Å². The Morgan fingerprint density at radius 2 is 1.83 bits per heavy atom. The molecule has 4 nitrogen and oxygen atoms in total. The normalized spacial score (nSPS) is 10.7. The van der Waals surface area contributed by atoms with Gasteiger partial charge in [-0.1, -0.05) is 35.5 Å². The maximum Gasteiger partial charge on any atom is 0.230 e. The summed E-state index contributed by atoms with van der Waals surface area (Å²) in [5.41, 5.74) is 7.99. The molecule has 2 heterocycles. The van der Waals surface area contributed by atoms with Crippen molar-refractivity contribution in [2.45, 2.75) is 0 Å². The highest BCUT2D eigenvalue weighted by Gasteiger charge is 2.19. The van der Waals surface area contributed by atoms with E-state index in [2.05, 4.69) is 5.16 Å². The molecule has 0 fully saturated rings. The van der Waals surface area contributed by atoms with Crippen LogP contribution in [0.2, 0.25) is 5.22 Å². The second-order valence-electron chi connectivity index (χ2n) is 3.74. The van der Waals surface area contributed by atoms with Gasteiger partial charge in [0.25, 0.3) is 0 Å². The van der Waals surface area contributed by atoms with E-state index in [0.717, 1.165) is 5.56 Å². The summed E-state index contributed by atoms with van der Waals surface area (Å²) >= 11 is 5.76. The first kappa shape index (κ1) is 10.9. The summed E-state index contributed by atoms with van der Waals surface area (Å²) in [6, 6.07) is 13.0. The Labute approximate surface area is 108 Å². The van der Waals surface area contributed by atoms with Gasteiger partial charge in [-0.15, -0.1) is 0 Å². The summed E-state index contributed by atoms with van der Waals surface area (Å²) in [6.45, 7) is 0. The third kappa shape index (κ3) is 1.76. The quantitative estimate of drug-likeness (QED) is 0.760. The van der Waals surface area contributed by atoms with Gasteiger partial charge in [-0.2, -0.15) is 0 Å². The molecule has 1 aromatic carbocycles. The number of furan rings is 1. The molecule has 0 radical (unpaired) electrons. The van der Waals surface area contributed by atoms with Crippen molar-refractivity contribution >= 4 is 17.5 Å². The highest BCUT2D eigenvalue weighted by Crippen LogP contribution is 2.37. The lowest BCUT2D eigenvalue weighted by Crippen LogP contribution is -1.86. The molecule has 2 aromatic heterocycles. The molecule has 0 bridgehead atoms. The zero-order chi connectivity index (χ0) is 12.5. The lowest BCUT2D eigenvalue weighted by atomic mass is 10.0. The second-order valence-corrected chi connectivity index (χ2v) is 4.11. The second kappa shape index (κ2) is 4.23. The van der Waals surface area contributed by atoms with E-state index in [4.69, 9.17) is 26.3 Å². The number of rotatable bonds is 2. The van der Waals surface area contributed by atoms with Gasteiger partial charge in [0.2, 0.25) is 5.88 Å². The van der Waals surface area contributed by atoms with Crippen LogP contribution in [0.15, 0.2) is 51.4 Å². The van der Waals surface area contributed by atoms with E-state index in [1.165, 1.54) is 0 Å². The fraction of sp³-hybridized carbons (Fsp3) is 0. The highest BCUT2D eigenvalue weighted by atomic mass is 35.5. The van der Waals surface area contributed by atoms with Crippen molar-refractivity contribution in [3.63, 3.8) is 0 Å². The summed E-state index contributed by atoms with van der Waals surface area (Å²) in [7, 11) is 0. The van der Waals surface area contributed by atoms with Gasteiger partial charge in [0, 0.05) is 0 Å². The van der Waals surface area contributed by atoms with Crippen molar-refractivity contribution in [1.29, 1.82) is 0 Å². The van der Waals surface area contributed by atoms with Gasteiger partial charge in [-0.25, -0.2) is 0 Å². The Hall–Kier alpha value is -2.20. The molecular formula is C13H9ClN2O2. The molecule has 3 rings (SSSR count). The van der Waals surface area contributed by atoms with E-state index < -0.39 is 0 Å². The monoisotopic (exact) mass is 260 g/mol. The molecule has 3 aromatic rings. The zero-order valence-electron chi connectivity index (χ0n) is 9.26. The average Bonchev–Trinajstić information content (AvgIpc) is 2.96. The zero-order valence-corrected chi connectivity index (χ0v) is 10.0. The minimum absolute atomic E-state index is 0.253. The van der Waals surface area contributed by atoms with Gasteiger partial charge in [0.05, 0.1) is 5.56 Å². The first-order valence-corrected chi connectivity index (χ1v) is 5.70. The highest BCUT2D eigenvalue weighted by molar-refractivity contribution is 6.29. The first-order chi connectivity index (χ1) is 8.75. The third-order valence-corrected chi connectivity index (χ3v) is 2.79. The SMILES string of the molecule is Nc1onc(-c2ccc(Cl)o2)c1-c1ccccc1. The van der Waals surface area contributed by atoms with Crippen molar-refractivity contribution in [3.05, 3.63) is 47.7 Å². The molecule has 90 valence electrons. The van der Waals surface area contributed by atoms with Crippen LogP contribution in [0.1, 0.15) is 0 Å².